The third-order valence-electron chi connectivity index (χ3n) is 4.03. The van der Waals surface area contributed by atoms with Crippen molar-refractivity contribution in [3.8, 4) is 0 Å². The molecule has 1 aliphatic heterocycles. The molecule has 1 N–H and O–H groups in total. The Labute approximate surface area is 109 Å². The summed E-state index contributed by atoms with van der Waals surface area (Å²) < 4.78 is 8.10. The van der Waals surface area contributed by atoms with Crippen LogP contribution in [0.1, 0.15) is 38.3 Å². The summed E-state index contributed by atoms with van der Waals surface area (Å²) in [7, 11) is 0. The summed E-state index contributed by atoms with van der Waals surface area (Å²) in [6.45, 7) is 5.10. The van der Waals surface area contributed by atoms with Crippen molar-refractivity contribution >= 4 is 0 Å². The summed E-state index contributed by atoms with van der Waals surface area (Å²) in [5.41, 5.74) is 1.29. The highest BCUT2D eigenvalue weighted by Crippen LogP contribution is 2.38. The first-order chi connectivity index (χ1) is 8.88. The molecule has 1 saturated heterocycles. The van der Waals surface area contributed by atoms with Crippen LogP contribution >= 0.6 is 0 Å². The molecular weight excluding hydrogens is 226 g/mol. The van der Waals surface area contributed by atoms with Crippen LogP contribution in [-0.4, -0.2) is 28.3 Å². The quantitative estimate of drug-likeness (QED) is 0.837. The SMILES string of the molecule is CCCn1cncc1CNC1CCOC1C1CC1. The van der Waals surface area contributed by atoms with E-state index in [9.17, 15) is 0 Å². The lowest BCUT2D eigenvalue weighted by atomic mass is 10.1. The van der Waals surface area contributed by atoms with Crippen molar-refractivity contribution < 1.29 is 4.74 Å². The Morgan fingerprint density at radius 1 is 1.44 bits per heavy atom. The van der Waals surface area contributed by atoms with Gasteiger partial charge < -0.3 is 14.6 Å². The van der Waals surface area contributed by atoms with Crippen LogP contribution in [0.25, 0.3) is 0 Å². The Kier molecular flexibility index (Phi) is 3.66. The Bertz CT molecular complexity index is 386. The number of nitrogens with zero attached hydrogens (tertiary/aromatic N) is 2. The molecule has 1 saturated carbocycles. The van der Waals surface area contributed by atoms with Gasteiger partial charge in [0.1, 0.15) is 0 Å². The van der Waals surface area contributed by atoms with Gasteiger partial charge in [0.25, 0.3) is 0 Å². The van der Waals surface area contributed by atoms with Crippen molar-refractivity contribution in [2.24, 2.45) is 5.92 Å². The molecule has 2 aliphatic rings. The molecule has 4 heteroatoms. The number of ether oxygens (including phenoxy) is 1. The second kappa shape index (κ2) is 5.41. The van der Waals surface area contributed by atoms with Crippen molar-refractivity contribution in [2.45, 2.75) is 57.8 Å². The normalized spacial score (nSPS) is 27.8. The minimum atomic E-state index is 0.465. The molecule has 0 spiro atoms. The van der Waals surface area contributed by atoms with Crippen molar-refractivity contribution in [1.29, 1.82) is 0 Å². The van der Waals surface area contributed by atoms with Gasteiger partial charge in [0.2, 0.25) is 0 Å². The second-order valence-electron chi connectivity index (χ2n) is 5.53. The van der Waals surface area contributed by atoms with Gasteiger partial charge in [0, 0.05) is 31.9 Å². The van der Waals surface area contributed by atoms with Crippen LogP contribution < -0.4 is 5.32 Å². The summed E-state index contributed by atoms with van der Waals surface area (Å²) in [5.74, 6) is 0.825. The molecule has 0 bridgehead atoms. The molecule has 2 atom stereocenters. The topological polar surface area (TPSA) is 39.1 Å². The Balaban J connectivity index is 1.55. The molecule has 0 aromatic carbocycles. The van der Waals surface area contributed by atoms with Gasteiger partial charge in [-0.3, -0.25) is 0 Å². The average Bonchev–Trinajstić information content (AvgIpc) is 2.95. The highest BCUT2D eigenvalue weighted by Gasteiger charge is 2.40. The van der Waals surface area contributed by atoms with E-state index in [1.807, 2.05) is 12.5 Å². The summed E-state index contributed by atoms with van der Waals surface area (Å²) in [4.78, 5) is 4.24. The van der Waals surface area contributed by atoms with E-state index in [1.165, 1.54) is 18.5 Å². The Hall–Kier alpha value is -0.870. The zero-order valence-electron chi connectivity index (χ0n) is 11.1. The van der Waals surface area contributed by atoms with E-state index in [0.717, 1.165) is 38.5 Å². The van der Waals surface area contributed by atoms with Crippen molar-refractivity contribution in [3.05, 3.63) is 18.2 Å². The maximum absolute atomic E-state index is 5.85. The first kappa shape index (κ1) is 12.2. The lowest BCUT2D eigenvalue weighted by molar-refractivity contribution is 0.0807. The predicted octanol–water partition coefficient (Wildman–Crippen LogP) is 1.95. The molecule has 2 fully saturated rings. The van der Waals surface area contributed by atoms with Gasteiger partial charge in [-0.05, 0) is 31.6 Å². The van der Waals surface area contributed by atoms with Gasteiger partial charge in [-0.15, -0.1) is 0 Å². The summed E-state index contributed by atoms with van der Waals surface area (Å²) in [6.07, 6.45) is 9.40. The van der Waals surface area contributed by atoms with Crippen LogP contribution in [0, 0.1) is 5.92 Å². The number of hydrogen-bond donors (Lipinski definition) is 1. The van der Waals surface area contributed by atoms with E-state index in [2.05, 4.69) is 21.8 Å². The van der Waals surface area contributed by atoms with Crippen LogP contribution in [0.2, 0.25) is 0 Å². The molecule has 2 heterocycles. The molecule has 3 rings (SSSR count). The van der Waals surface area contributed by atoms with Crippen molar-refractivity contribution in [2.75, 3.05) is 6.61 Å². The molecule has 100 valence electrons. The zero-order chi connectivity index (χ0) is 12.4. The number of hydrogen-bond acceptors (Lipinski definition) is 3. The highest BCUT2D eigenvalue weighted by molar-refractivity contribution is 5.00. The molecule has 0 amide bonds. The Morgan fingerprint density at radius 2 is 2.33 bits per heavy atom. The second-order valence-corrected chi connectivity index (χ2v) is 5.53. The van der Waals surface area contributed by atoms with Gasteiger partial charge in [-0.2, -0.15) is 0 Å². The van der Waals surface area contributed by atoms with E-state index in [4.69, 9.17) is 4.74 Å². The molecular formula is C14H23N3O. The zero-order valence-corrected chi connectivity index (χ0v) is 11.1. The molecule has 1 aromatic heterocycles. The fourth-order valence-corrected chi connectivity index (χ4v) is 2.89. The third kappa shape index (κ3) is 2.59. The summed E-state index contributed by atoms with van der Waals surface area (Å²) >= 11 is 0. The van der Waals surface area contributed by atoms with Crippen LogP contribution in [-0.2, 0) is 17.8 Å². The van der Waals surface area contributed by atoms with E-state index in [-0.39, 0.29) is 0 Å². The monoisotopic (exact) mass is 249 g/mol. The number of nitrogens with one attached hydrogen (secondary N) is 1. The van der Waals surface area contributed by atoms with Gasteiger partial charge in [-0.1, -0.05) is 6.92 Å². The maximum Gasteiger partial charge on any atom is 0.0948 e. The van der Waals surface area contributed by atoms with Crippen molar-refractivity contribution in [3.63, 3.8) is 0 Å². The highest BCUT2D eigenvalue weighted by atomic mass is 16.5. The standard InChI is InChI=1S/C14H23N3O/c1-2-6-17-10-15-8-12(17)9-16-13-5-7-18-14(13)11-3-4-11/h8,10-11,13-14,16H,2-7,9H2,1H3. The molecule has 4 nitrogen and oxygen atoms in total. The number of rotatable bonds is 6. The van der Waals surface area contributed by atoms with Crippen LogP contribution in [0.3, 0.4) is 0 Å². The van der Waals surface area contributed by atoms with Gasteiger partial charge >= 0.3 is 0 Å². The fourth-order valence-electron chi connectivity index (χ4n) is 2.89. The summed E-state index contributed by atoms with van der Waals surface area (Å²) in [6, 6.07) is 0.544. The van der Waals surface area contributed by atoms with E-state index in [0.29, 0.717) is 12.1 Å². The molecule has 1 aliphatic carbocycles. The van der Waals surface area contributed by atoms with Gasteiger partial charge in [0.15, 0.2) is 0 Å². The van der Waals surface area contributed by atoms with E-state index < -0.39 is 0 Å². The van der Waals surface area contributed by atoms with Gasteiger partial charge in [-0.25, -0.2) is 4.98 Å². The lowest BCUT2D eigenvalue weighted by Gasteiger charge is -2.19. The predicted molar refractivity (Wildman–Crippen MR) is 70.2 cm³/mol. The first-order valence-corrected chi connectivity index (χ1v) is 7.22. The molecule has 0 radical (unpaired) electrons. The van der Waals surface area contributed by atoms with E-state index in [1.54, 1.807) is 0 Å². The molecule has 2 unspecified atom stereocenters. The summed E-state index contributed by atoms with van der Waals surface area (Å²) in [5, 5.41) is 3.67. The lowest BCUT2D eigenvalue weighted by Crippen LogP contribution is -2.37. The first-order valence-electron chi connectivity index (χ1n) is 7.22. The number of aryl methyl sites for hydroxylation is 1. The third-order valence-corrected chi connectivity index (χ3v) is 4.03. The average molecular weight is 249 g/mol. The Morgan fingerprint density at radius 3 is 3.11 bits per heavy atom. The van der Waals surface area contributed by atoms with Crippen LogP contribution in [0.15, 0.2) is 12.5 Å². The van der Waals surface area contributed by atoms with Crippen LogP contribution in [0.4, 0.5) is 0 Å². The minimum Gasteiger partial charge on any atom is -0.376 e. The number of imidazole rings is 1. The fraction of sp³-hybridized carbons (Fsp3) is 0.786. The maximum atomic E-state index is 5.85. The van der Waals surface area contributed by atoms with Crippen molar-refractivity contribution in [1.82, 2.24) is 14.9 Å². The van der Waals surface area contributed by atoms with Gasteiger partial charge in [0.05, 0.1) is 18.1 Å². The van der Waals surface area contributed by atoms with Crippen LogP contribution in [0.5, 0.6) is 0 Å². The number of aromatic nitrogens is 2. The largest absolute Gasteiger partial charge is 0.376 e. The smallest absolute Gasteiger partial charge is 0.0948 e. The molecule has 1 aromatic rings. The molecule has 18 heavy (non-hydrogen) atoms. The minimum absolute atomic E-state index is 0.465. The van der Waals surface area contributed by atoms with E-state index >= 15 is 0 Å².